The monoisotopic (exact) mass is 248 g/mol. The van der Waals surface area contributed by atoms with Crippen molar-refractivity contribution in [1.29, 1.82) is 0 Å². The molecule has 0 atom stereocenters. The van der Waals surface area contributed by atoms with Crippen molar-refractivity contribution in [1.82, 2.24) is 0 Å². The molecule has 1 aromatic carbocycles. The molecule has 0 bridgehead atoms. The highest BCUT2D eigenvalue weighted by Gasteiger charge is 2.09. The summed E-state index contributed by atoms with van der Waals surface area (Å²) < 4.78 is 10.3. The van der Waals surface area contributed by atoms with Crippen LogP contribution in [-0.4, -0.2) is 20.0 Å². The van der Waals surface area contributed by atoms with Gasteiger partial charge in [0.05, 0.1) is 14.2 Å². The molecule has 0 aromatic heterocycles. The molecule has 3 nitrogen and oxygen atoms in total. The molecule has 0 N–H and O–H groups in total. The largest absolute Gasteiger partial charge is 0.493 e. The van der Waals surface area contributed by atoms with Crippen molar-refractivity contribution in [2.45, 2.75) is 26.7 Å². The van der Waals surface area contributed by atoms with Gasteiger partial charge in [-0.3, -0.25) is 4.79 Å². The number of allylic oxidation sites excluding steroid dienone is 2. The number of carbonyl (C=O) groups excluding carboxylic acids is 1. The van der Waals surface area contributed by atoms with Crippen LogP contribution < -0.4 is 9.47 Å². The number of methoxy groups -OCH3 is 2. The Bertz CT molecular complexity index is 441. The maximum absolute atomic E-state index is 12.1. The molecule has 1 rings (SSSR count). The summed E-state index contributed by atoms with van der Waals surface area (Å²) >= 11 is 0. The zero-order valence-corrected chi connectivity index (χ0v) is 11.4. The van der Waals surface area contributed by atoms with Gasteiger partial charge in [0.1, 0.15) is 0 Å². The van der Waals surface area contributed by atoms with Crippen molar-refractivity contribution >= 4 is 5.78 Å². The van der Waals surface area contributed by atoms with Gasteiger partial charge < -0.3 is 9.47 Å². The first-order valence-electron chi connectivity index (χ1n) is 6.12. The van der Waals surface area contributed by atoms with Gasteiger partial charge in [0, 0.05) is 5.56 Å². The standard InChI is InChI=1S/C15H20O3/c1-5-11(6-2)9-13(16)12-7-8-14(17-3)15(10-12)18-4/h7-10H,5-6H2,1-4H3. The Hall–Kier alpha value is -1.77. The average molecular weight is 248 g/mol. The molecule has 18 heavy (non-hydrogen) atoms. The molecule has 0 aliphatic heterocycles. The minimum Gasteiger partial charge on any atom is -0.493 e. The predicted octanol–water partition coefficient (Wildman–Crippen LogP) is 3.63. The fraction of sp³-hybridized carbons (Fsp3) is 0.400. The zero-order chi connectivity index (χ0) is 13.5. The third-order valence-corrected chi connectivity index (χ3v) is 2.91. The fourth-order valence-corrected chi connectivity index (χ4v) is 1.71. The van der Waals surface area contributed by atoms with Gasteiger partial charge in [-0.1, -0.05) is 19.4 Å². The molecule has 0 saturated carbocycles. The highest BCUT2D eigenvalue weighted by molar-refractivity contribution is 6.05. The second-order valence-electron chi connectivity index (χ2n) is 3.94. The highest BCUT2D eigenvalue weighted by atomic mass is 16.5. The quantitative estimate of drug-likeness (QED) is 0.569. The number of benzene rings is 1. The molecule has 0 amide bonds. The molecule has 0 spiro atoms. The summed E-state index contributed by atoms with van der Waals surface area (Å²) in [6, 6.07) is 5.21. The van der Waals surface area contributed by atoms with Crippen LogP contribution in [0.4, 0.5) is 0 Å². The summed E-state index contributed by atoms with van der Waals surface area (Å²) in [5.41, 5.74) is 1.77. The van der Waals surface area contributed by atoms with Crippen LogP contribution in [0.2, 0.25) is 0 Å². The number of hydrogen-bond acceptors (Lipinski definition) is 3. The van der Waals surface area contributed by atoms with E-state index in [0.717, 1.165) is 18.4 Å². The molecule has 98 valence electrons. The van der Waals surface area contributed by atoms with E-state index < -0.39 is 0 Å². The van der Waals surface area contributed by atoms with Crippen LogP contribution in [0.3, 0.4) is 0 Å². The minimum absolute atomic E-state index is 0.00894. The maximum atomic E-state index is 12.1. The van der Waals surface area contributed by atoms with Gasteiger partial charge in [-0.05, 0) is 37.1 Å². The summed E-state index contributed by atoms with van der Waals surface area (Å²) in [6.07, 6.45) is 3.51. The third-order valence-electron chi connectivity index (χ3n) is 2.91. The zero-order valence-electron chi connectivity index (χ0n) is 11.4. The van der Waals surface area contributed by atoms with Gasteiger partial charge in [-0.2, -0.15) is 0 Å². The average Bonchev–Trinajstić information content (AvgIpc) is 2.43. The van der Waals surface area contributed by atoms with Gasteiger partial charge in [0.15, 0.2) is 17.3 Å². The molecule has 0 radical (unpaired) electrons. The summed E-state index contributed by atoms with van der Waals surface area (Å²) in [5.74, 6) is 1.21. The Morgan fingerprint density at radius 2 is 1.72 bits per heavy atom. The number of carbonyl (C=O) groups is 1. The maximum Gasteiger partial charge on any atom is 0.185 e. The van der Waals surface area contributed by atoms with Crippen molar-refractivity contribution in [2.75, 3.05) is 14.2 Å². The number of rotatable bonds is 6. The Balaban J connectivity index is 3.03. The SMILES string of the molecule is CCC(=CC(=O)c1ccc(OC)c(OC)c1)CC. The van der Waals surface area contributed by atoms with E-state index in [1.807, 2.05) is 0 Å². The van der Waals surface area contributed by atoms with Crippen LogP contribution in [0.5, 0.6) is 11.5 Å². The topological polar surface area (TPSA) is 35.5 Å². The molecule has 0 aliphatic carbocycles. The second-order valence-corrected chi connectivity index (χ2v) is 3.94. The van der Waals surface area contributed by atoms with Gasteiger partial charge in [-0.25, -0.2) is 0 Å². The van der Waals surface area contributed by atoms with Crippen LogP contribution in [0.1, 0.15) is 37.0 Å². The summed E-state index contributed by atoms with van der Waals surface area (Å²) in [6.45, 7) is 4.11. The number of hydrogen-bond donors (Lipinski definition) is 0. The molecule has 0 unspecified atom stereocenters. The van der Waals surface area contributed by atoms with Crippen molar-refractivity contribution < 1.29 is 14.3 Å². The van der Waals surface area contributed by atoms with Crippen molar-refractivity contribution in [3.05, 3.63) is 35.4 Å². The Labute approximate surface area is 108 Å². The highest BCUT2D eigenvalue weighted by Crippen LogP contribution is 2.28. The van der Waals surface area contributed by atoms with Crippen molar-refractivity contribution in [3.8, 4) is 11.5 Å². The molecular weight excluding hydrogens is 228 g/mol. The van der Waals surface area contributed by atoms with Crippen molar-refractivity contribution in [2.24, 2.45) is 0 Å². The molecule has 0 heterocycles. The van der Waals surface area contributed by atoms with Gasteiger partial charge in [0.2, 0.25) is 0 Å². The smallest absolute Gasteiger partial charge is 0.185 e. The van der Waals surface area contributed by atoms with E-state index in [9.17, 15) is 4.79 Å². The van der Waals surface area contributed by atoms with E-state index in [1.54, 1.807) is 38.5 Å². The number of ether oxygens (including phenoxy) is 2. The molecule has 3 heteroatoms. The van der Waals surface area contributed by atoms with E-state index in [4.69, 9.17) is 9.47 Å². The van der Waals surface area contributed by atoms with Crippen LogP contribution >= 0.6 is 0 Å². The first-order chi connectivity index (χ1) is 8.65. The lowest BCUT2D eigenvalue weighted by Gasteiger charge is -2.08. The normalized spacial score (nSPS) is 9.78. The Kier molecular flexibility index (Phi) is 5.43. The third kappa shape index (κ3) is 3.36. The molecule has 0 saturated heterocycles. The van der Waals surface area contributed by atoms with E-state index >= 15 is 0 Å². The lowest BCUT2D eigenvalue weighted by atomic mass is 10.0. The van der Waals surface area contributed by atoms with E-state index in [-0.39, 0.29) is 5.78 Å². The molecule has 0 fully saturated rings. The van der Waals surface area contributed by atoms with Gasteiger partial charge in [-0.15, -0.1) is 0 Å². The van der Waals surface area contributed by atoms with Crippen LogP contribution in [0.25, 0.3) is 0 Å². The van der Waals surface area contributed by atoms with Crippen LogP contribution in [0, 0.1) is 0 Å². The first kappa shape index (κ1) is 14.3. The second kappa shape index (κ2) is 6.84. The van der Waals surface area contributed by atoms with E-state index in [0.29, 0.717) is 17.1 Å². The summed E-state index contributed by atoms with van der Waals surface area (Å²) in [4.78, 5) is 12.1. The Morgan fingerprint density at radius 3 is 2.22 bits per heavy atom. The molecule has 0 aliphatic rings. The summed E-state index contributed by atoms with van der Waals surface area (Å²) in [5, 5.41) is 0. The minimum atomic E-state index is 0.00894. The summed E-state index contributed by atoms with van der Waals surface area (Å²) in [7, 11) is 3.14. The fourth-order valence-electron chi connectivity index (χ4n) is 1.71. The Morgan fingerprint density at radius 1 is 1.11 bits per heavy atom. The predicted molar refractivity (Wildman–Crippen MR) is 72.5 cm³/mol. The van der Waals surface area contributed by atoms with E-state index in [1.165, 1.54) is 0 Å². The lowest BCUT2D eigenvalue weighted by molar-refractivity contribution is 0.104. The first-order valence-corrected chi connectivity index (χ1v) is 6.12. The van der Waals surface area contributed by atoms with Gasteiger partial charge >= 0.3 is 0 Å². The van der Waals surface area contributed by atoms with Crippen LogP contribution in [-0.2, 0) is 0 Å². The number of ketones is 1. The van der Waals surface area contributed by atoms with Crippen molar-refractivity contribution in [3.63, 3.8) is 0 Å². The van der Waals surface area contributed by atoms with Crippen LogP contribution in [0.15, 0.2) is 29.8 Å². The molecule has 1 aromatic rings. The lowest BCUT2D eigenvalue weighted by Crippen LogP contribution is -1.99. The van der Waals surface area contributed by atoms with E-state index in [2.05, 4.69) is 13.8 Å². The molecular formula is C15H20O3. The van der Waals surface area contributed by atoms with Gasteiger partial charge in [0.25, 0.3) is 0 Å².